The molecular formula is C13H30O4Si3. The lowest BCUT2D eigenvalue weighted by Crippen LogP contribution is -2.32. The summed E-state index contributed by atoms with van der Waals surface area (Å²) < 4.78 is 21.8. The maximum Gasteiger partial charge on any atom is 0.350 e. The zero-order valence-corrected chi connectivity index (χ0v) is 17.5. The van der Waals surface area contributed by atoms with Crippen LogP contribution in [-0.2, 0) is 17.7 Å². The van der Waals surface area contributed by atoms with E-state index in [2.05, 4.69) is 38.7 Å². The van der Waals surface area contributed by atoms with Gasteiger partial charge in [-0.25, -0.2) is 0 Å². The van der Waals surface area contributed by atoms with Crippen molar-refractivity contribution in [1.29, 1.82) is 0 Å². The molecule has 0 unspecified atom stereocenters. The van der Waals surface area contributed by atoms with Gasteiger partial charge in [-0.1, -0.05) is 30.9 Å². The molecule has 0 amide bonds. The lowest BCUT2D eigenvalue weighted by Gasteiger charge is -2.23. The van der Waals surface area contributed by atoms with Crippen molar-refractivity contribution in [2.45, 2.75) is 33.4 Å². The van der Waals surface area contributed by atoms with Gasteiger partial charge in [0.15, 0.2) is 0 Å². The monoisotopic (exact) mass is 334 g/mol. The molecule has 0 aliphatic heterocycles. The van der Waals surface area contributed by atoms with Gasteiger partial charge in [-0.05, 0) is 24.2 Å². The third-order valence-corrected chi connectivity index (χ3v) is 11.4. The molecule has 0 aliphatic rings. The zero-order chi connectivity index (χ0) is 15.8. The number of hydrogen-bond donors (Lipinski definition) is 0. The van der Waals surface area contributed by atoms with Crippen molar-refractivity contribution in [3.8, 4) is 0 Å². The molecule has 0 aromatic carbocycles. The van der Waals surface area contributed by atoms with Crippen LogP contribution in [0, 0.1) is 0 Å². The Balaban J connectivity index is 5.29. The van der Waals surface area contributed by atoms with Gasteiger partial charge in [0.05, 0.1) is 8.07 Å². The SMILES string of the molecule is CC[Si](C)(C=C(C)[SiH](OC)OC)C=C(C)[SiH](OC)OC. The summed E-state index contributed by atoms with van der Waals surface area (Å²) in [4.78, 5) is 0. The third kappa shape index (κ3) is 6.17. The summed E-state index contributed by atoms with van der Waals surface area (Å²) in [5.74, 6) is 0. The Morgan fingerprint density at radius 3 is 1.35 bits per heavy atom. The summed E-state index contributed by atoms with van der Waals surface area (Å²) in [6, 6.07) is 1.14. The molecule has 0 saturated heterocycles. The lowest BCUT2D eigenvalue weighted by atomic mass is 10.7. The van der Waals surface area contributed by atoms with Crippen LogP contribution in [0.4, 0.5) is 0 Å². The maximum absolute atomic E-state index is 5.46. The molecule has 0 fully saturated rings. The van der Waals surface area contributed by atoms with Crippen molar-refractivity contribution in [2.24, 2.45) is 0 Å². The van der Waals surface area contributed by atoms with Gasteiger partial charge in [0, 0.05) is 28.4 Å². The van der Waals surface area contributed by atoms with E-state index in [9.17, 15) is 0 Å². The zero-order valence-electron chi connectivity index (χ0n) is 14.1. The van der Waals surface area contributed by atoms with E-state index in [-0.39, 0.29) is 0 Å². The molecule has 0 aliphatic carbocycles. The minimum atomic E-state index is -1.67. The molecule has 0 atom stereocenters. The largest absolute Gasteiger partial charge is 0.397 e. The summed E-state index contributed by atoms with van der Waals surface area (Å²) in [5.41, 5.74) is 4.80. The van der Waals surface area contributed by atoms with E-state index in [1.54, 1.807) is 28.4 Å². The first-order valence-electron chi connectivity index (χ1n) is 6.87. The van der Waals surface area contributed by atoms with E-state index in [0.717, 1.165) is 6.04 Å². The second kappa shape index (κ2) is 9.83. The second-order valence-corrected chi connectivity index (χ2v) is 14.6. The highest BCUT2D eigenvalue weighted by molar-refractivity contribution is 6.89. The topological polar surface area (TPSA) is 36.9 Å². The van der Waals surface area contributed by atoms with Gasteiger partial charge in [-0.15, -0.1) is 0 Å². The van der Waals surface area contributed by atoms with Crippen molar-refractivity contribution >= 4 is 26.6 Å². The lowest BCUT2D eigenvalue weighted by molar-refractivity contribution is 0.287. The first kappa shape index (κ1) is 20.0. The predicted molar refractivity (Wildman–Crippen MR) is 91.9 cm³/mol. The Bertz CT molecular complexity index is 309. The number of rotatable bonds is 9. The van der Waals surface area contributed by atoms with Crippen LogP contribution < -0.4 is 0 Å². The normalized spacial score (nSPS) is 16.9. The van der Waals surface area contributed by atoms with Crippen molar-refractivity contribution in [3.05, 3.63) is 21.8 Å². The molecule has 0 rings (SSSR count). The van der Waals surface area contributed by atoms with Crippen LogP contribution in [0.3, 0.4) is 0 Å². The van der Waals surface area contributed by atoms with Gasteiger partial charge >= 0.3 is 18.6 Å². The fraction of sp³-hybridized carbons (Fsp3) is 0.692. The Morgan fingerprint density at radius 2 is 1.15 bits per heavy atom. The van der Waals surface area contributed by atoms with E-state index < -0.39 is 26.6 Å². The first-order chi connectivity index (χ1) is 9.37. The molecular weight excluding hydrogens is 304 g/mol. The number of allylic oxidation sites excluding steroid dienone is 2. The van der Waals surface area contributed by atoms with Gasteiger partial charge in [-0.2, -0.15) is 0 Å². The molecule has 0 heterocycles. The summed E-state index contributed by atoms with van der Waals surface area (Å²) in [6.07, 6.45) is 0. The van der Waals surface area contributed by atoms with Crippen molar-refractivity contribution in [1.82, 2.24) is 0 Å². The van der Waals surface area contributed by atoms with E-state index >= 15 is 0 Å². The van der Waals surface area contributed by atoms with Crippen molar-refractivity contribution < 1.29 is 17.7 Å². The van der Waals surface area contributed by atoms with Crippen LogP contribution in [0.5, 0.6) is 0 Å². The standard InChI is InChI=1S/C13H30O4Si3/c1-9-20(8,10-12(2)18(14-4)15-5)11-13(3)19(16-6)17-7/h10-11,18-19H,9H2,1-8H3. The van der Waals surface area contributed by atoms with Gasteiger partial charge in [-0.3, -0.25) is 0 Å². The molecule has 0 aromatic rings. The molecule has 20 heavy (non-hydrogen) atoms. The Kier molecular flexibility index (Phi) is 9.81. The highest BCUT2D eigenvalue weighted by Gasteiger charge is 2.25. The summed E-state index contributed by atoms with van der Waals surface area (Å²) in [6.45, 7) is 8.84. The van der Waals surface area contributed by atoms with E-state index in [1.165, 1.54) is 10.4 Å². The van der Waals surface area contributed by atoms with Crippen LogP contribution in [0.2, 0.25) is 12.6 Å². The van der Waals surface area contributed by atoms with Gasteiger partial charge in [0.2, 0.25) is 0 Å². The highest BCUT2D eigenvalue weighted by atomic mass is 28.3. The van der Waals surface area contributed by atoms with Crippen LogP contribution >= 0.6 is 0 Å². The van der Waals surface area contributed by atoms with Crippen molar-refractivity contribution in [3.63, 3.8) is 0 Å². The summed E-state index contributed by atoms with van der Waals surface area (Å²) in [7, 11) is 1.95. The Labute approximate surface area is 128 Å². The Hall–Kier alpha value is -0.0294. The fourth-order valence-electron chi connectivity index (χ4n) is 2.36. The molecule has 4 nitrogen and oxygen atoms in total. The van der Waals surface area contributed by atoms with Crippen LogP contribution in [0.1, 0.15) is 20.8 Å². The van der Waals surface area contributed by atoms with Crippen molar-refractivity contribution in [2.75, 3.05) is 28.4 Å². The second-order valence-electron chi connectivity index (χ2n) is 5.24. The summed E-state index contributed by atoms with van der Waals surface area (Å²) in [5, 5.41) is 2.53. The van der Waals surface area contributed by atoms with E-state index in [1.807, 2.05) is 0 Å². The smallest absolute Gasteiger partial charge is 0.350 e. The van der Waals surface area contributed by atoms with Gasteiger partial charge in [0.1, 0.15) is 0 Å². The number of hydrogen-bond acceptors (Lipinski definition) is 4. The van der Waals surface area contributed by atoms with Crippen LogP contribution in [0.25, 0.3) is 0 Å². The fourth-order valence-corrected chi connectivity index (χ4v) is 10.2. The predicted octanol–water partition coefficient (Wildman–Crippen LogP) is 2.16. The van der Waals surface area contributed by atoms with Crippen LogP contribution in [-0.4, -0.2) is 55.1 Å². The molecule has 0 radical (unpaired) electrons. The molecule has 0 bridgehead atoms. The van der Waals surface area contributed by atoms with Gasteiger partial charge in [0.25, 0.3) is 0 Å². The quantitative estimate of drug-likeness (QED) is 0.606. The summed E-state index contributed by atoms with van der Waals surface area (Å²) >= 11 is 0. The molecule has 0 saturated carbocycles. The average Bonchev–Trinajstić information content (AvgIpc) is 2.41. The molecule has 0 spiro atoms. The van der Waals surface area contributed by atoms with Gasteiger partial charge < -0.3 is 17.7 Å². The minimum Gasteiger partial charge on any atom is -0.397 e. The first-order valence-corrected chi connectivity index (χ1v) is 12.8. The van der Waals surface area contributed by atoms with E-state index in [4.69, 9.17) is 17.7 Å². The third-order valence-electron chi connectivity index (χ3n) is 3.48. The molecule has 0 N–H and O–H groups in total. The van der Waals surface area contributed by atoms with Crippen LogP contribution in [0.15, 0.2) is 21.8 Å². The maximum atomic E-state index is 5.46. The minimum absolute atomic E-state index is 1.14. The Morgan fingerprint density at radius 1 is 0.850 bits per heavy atom. The molecule has 118 valence electrons. The highest BCUT2D eigenvalue weighted by Crippen LogP contribution is 2.19. The molecule has 0 aromatic heterocycles. The van der Waals surface area contributed by atoms with E-state index in [0.29, 0.717) is 0 Å². The molecule has 7 heteroatoms. The average molecular weight is 335 g/mol.